The summed E-state index contributed by atoms with van der Waals surface area (Å²) in [4.78, 5) is 14.6. The second-order valence-corrected chi connectivity index (χ2v) is 5.40. The molecular formula is C16H24FNO. The van der Waals surface area contributed by atoms with Crippen LogP contribution in [0.1, 0.15) is 38.8 Å². The molecule has 0 amide bonds. The fourth-order valence-electron chi connectivity index (χ4n) is 2.41. The number of carbonyl (C=O) groups is 1. The molecule has 0 N–H and O–H groups in total. The molecule has 0 saturated carbocycles. The highest BCUT2D eigenvalue weighted by molar-refractivity contribution is 5.89. The zero-order valence-electron chi connectivity index (χ0n) is 12.6. The summed E-state index contributed by atoms with van der Waals surface area (Å²) in [6, 6.07) is 4.62. The fourth-order valence-corrected chi connectivity index (χ4v) is 2.41. The molecule has 0 unspecified atom stereocenters. The van der Waals surface area contributed by atoms with Gasteiger partial charge < -0.3 is 0 Å². The summed E-state index contributed by atoms with van der Waals surface area (Å²) in [5, 5.41) is 0. The average Bonchev–Trinajstić information content (AvgIpc) is 2.35. The molecule has 0 bridgehead atoms. The van der Waals surface area contributed by atoms with Crippen LogP contribution >= 0.6 is 0 Å². The van der Waals surface area contributed by atoms with Crippen LogP contribution < -0.4 is 0 Å². The minimum Gasteiger partial charge on any atom is -0.297 e. The van der Waals surface area contributed by atoms with Crippen LogP contribution in [-0.2, 0) is 11.2 Å². The van der Waals surface area contributed by atoms with E-state index < -0.39 is 5.54 Å². The molecule has 1 aromatic carbocycles. The van der Waals surface area contributed by atoms with E-state index in [1.807, 2.05) is 34.6 Å². The third-order valence-corrected chi connectivity index (χ3v) is 3.90. The summed E-state index contributed by atoms with van der Waals surface area (Å²) in [5.74, 6) is -0.154. The standard InChI is InChI=1S/C16H24FNO/c1-6-18(7-2)16(4,5)15(19)11-13-10-14(17)9-8-12(13)3/h8-10H,6-7,11H2,1-5H3. The van der Waals surface area contributed by atoms with Gasteiger partial charge >= 0.3 is 0 Å². The third-order valence-electron chi connectivity index (χ3n) is 3.90. The van der Waals surface area contributed by atoms with Gasteiger partial charge in [-0.2, -0.15) is 0 Å². The summed E-state index contributed by atoms with van der Waals surface area (Å²) in [6.45, 7) is 11.5. The molecule has 1 rings (SSSR count). The van der Waals surface area contributed by atoms with Gasteiger partial charge in [0.2, 0.25) is 0 Å². The van der Waals surface area contributed by atoms with Crippen LogP contribution in [0, 0.1) is 12.7 Å². The minimum atomic E-state index is -0.512. The van der Waals surface area contributed by atoms with Crippen LogP contribution in [0.2, 0.25) is 0 Å². The Labute approximate surface area is 115 Å². The molecule has 2 nitrogen and oxygen atoms in total. The normalized spacial score (nSPS) is 11.9. The predicted octanol–water partition coefficient (Wildman–Crippen LogP) is 3.37. The minimum absolute atomic E-state index is 0.130. The first-order chi connectivity index (χ1) is 8.82. The number of hydrogen-bond donors (Lipinski definition) is 0. The largest absolute Gasteiger partial charge is 0.297 e. The number of ketones is 1. The highest BCUT2D eigenvalue weighted by Crippen LogP contribution is 2.20. The van der Waals surface area contributed by atoms with Crippen LogP contribution in [0.3, 0.4) is 0 Å². The van der Waals surface area contributed by atoms with Crippen molar-refractivity contribution in [2.75, 3.05) is 13.1 Å². The smallest absolute Gasteiger partial charge is 0.156 e. The van der Waals surface area contributed by atoms with Crippen molar-refractivity contribution in [3.05, 3.63) is 35.1 Å². The van der Waals surface area contributed by atoms with Crippen molar-refractivity contribution < 1.29 is 9.18 Å². The monoisotopic (exact) mass is 265 g/mol. The number of aryl methyl sites for hydroxylation is 1. The molecule has 0 aliphatic rings. The zero-order chi connectivity index (χ0) is 14.6. The van der Waals surface area contributed by atoms with Gasteiger partial charge in [-0.3, -0.25) is 9.69 Å². The maximum atomic E-state index is 13.3. The Morgan fingerprint density at radius 1 is 1.26 bits per heavy atom. The Morgan fingerprint density at radius 2 is 1.84 bits per heavy atom. The van der Waals surface area contributed by atoms with Crippen molar-refractivity contribution in [3.63, 3.8) is 0 Å². The molecule has 0 heterocycles. The first kappa shape index (κ1) is 15.8. The van der Waals surface area contributed by atoms with E-state index >= 15 is 0 Å². The number of carbonyl (C=O) groups excluding carboxylic acids is 1. The first-order valence-corrected chi connectivity index (χ1v) is 6.86. The van der Waals surface area contributed by atoms with Gasteiger partial charge in [0.05, 0.1) is 5.54 Å². The van der Waals surface area contributed by atoms with Gasteiger partial charge in [-0.15, -0.1) is 0 Å². The van der Waals surface area contributed by atoms with E-state index in [1.165, 1.54) is 12.1 Å². The Kier molecular flexibility index (Phi) is 5.24. The van der Waals surface area contributed by atoms with Crippen LogP contribution in [-0.4, -0.2) is 29.3 Å². The maximum absolute atomic E-state index is 13.3. The topological polar surface area (TPSA) is 20.3 Å². The number of Topliss-reactive ketones (excluding diaryl/α,β-unsaturated/α-hetero) is 1. The summed E-state index contributed by atoms with van der Waals surface area (Å²) in [7, 11) is 0. The predicted molar refractivity (Wildman–Crippen MR) is 76.8 cm³/mol. The summed E-state index contributed by atoms with van der Waals surface area (Å²) in [5.41, 5.74) is 1.23. The van der Waals surface area contributed by atoms with E-state index in [2.05, 4.69) is 4.90 Å². The molecule has 0 aliphatic heterocycles. The van der Waals surface area contributed by atoms with Crippen molar-refractivity contribution >= 4 is 5.78 Å². The van der Waals surface area contributed by atoms with Crippen molar-refractivity contribution in [1.82, 2.24) is 4.90 Å². The van der Waals surface area contributed by atoms with Gasteiger partial charge in [0.15, 0.2) is 5.78 Å². The van der Waals surface area contributed by atoms with Gasteiger partial charge in [0.1, 0.15) is 5.82 Å². The van der Waals surface area contributed by atoms with Crippen molar-refractivity contribution in [1.29, 1.82) is 0 Å². The molecule has 0 aliphatic carbocycles. The van der Waals surface area contributed by atoms with E-state index in [-0.39, 0.29) is 18.0 Å². The van der Waals surface area contributed by atoms with Gasteiger partial charge in [-0.1, -0.05) is 19.9 Å². The Hall–Kier alpha value is -1.22. The first-order valence-electron chi connectivity index (χ1n) is 6.86. The molecule has 0 saturated heterocycles. The van der Waals surface area contributed by atoms with Crippen LogP contribution in [0.5, 0.6) is 0 Å². The maximum Gasteiger partial charge on any atom is 0.156 e. The lowest BCUT2D eigenvalue weighted by Crippen LogP contribution is -2.50. The number of nitrogens with zero attached hydrogens (tertiary/aromatic N) is 1. The molecular weight excluding hydrogens is 241 g/mol. The number of likely N-dealkylation sites (N-methyl/N-ethyl adjacent to an activating group) is 1. The number of benzene rings is 1. The van der Waals surface area contributed by atoms with Crippen molar-refractivity contribution in [2.45, 2.75) is 46.6 Å². The quantitative estimate of drug-likeness (QED) is 0.786. The molecule has 0 aromatic heterocycles. The lowest BCUT2D eigenvalue weighted by molar-refractivity contribution is -0.128. The molecule has 1 aromatic rings. The van der Waals surface area contributed by atoms with Gasteiger partial charge in [-0.25, -0.2) is 4.39 Å². The van der Waals surface area contributed by atoms with Gasteiger partial charge in [0.25, 0.3) is 0 Å². The highest BCUT2D eigenvalue weighted by Gasteiger charge is 2.32. The van der Waals surface area contributed by atoms with E-state index in [1.54, 1.807) is 6.07 Å². The van der Waals surface area contributed by atoms with Crippen molar-refractivity contribution in [3.8, 4) is 0 Å². The number of halogens is 1. The second kappa shape index (κ2) is 6.29. The number of rotatable bonds is 6. The molecule has 19 heavy (non-hydrogen) atoms. The second-order valence-electron chi connectivity index (χ2n) is 5.40. The summed E-state index contributed by atoms with van der Waals surface area (Å²) < 4.78 is 13.3. The number of hydrogen-bond acceptors (Lipinski definition) is 2. The molecule has 3 heteroatoms. The summed E-state index contributed by atoms with van der Waals surface area (Å²) in [6.07, 6.45) is 0.285. The molecule has 0 fully saturated rings. The molecule has 0 atom stereocenters. The van der Waals surface area contributed by atoms with E-state index in [0.29, 0.717) is 0 Å². The van der Waals surface area contributed by atoms with Crippen LogP contribution in [0.15, 0.2) is 18.2 Å². The fraction of sp³-hybridized carbons (Fsp3) is 0.562. The average molecular weight is 265 g/mol. The van der Waals surface area contributed by atoms with E-state index in [9.17, 15) is 9.18 Å². The molecule has 0 spiro atoms. The SMILES string of the molecule is CCN(CC)C(C)(C)C(=O)Cc1cc(F)ccc1C. The molecule has 0 radical (unpaired) electrons. The van der Waals surface area contributed by atoms with E-state index in [4.69, 9.17) is 0 Å². The van der Waals surface area contributed by atoms with Crippen LogP contribution in [0.4, 0.5) is 4.39 Å². The van der Waals surface area contributed by atoms with Crippen LogP contribution in [0.25, 0.3) is 0 Å². The summed E-state index contributed by atoms with van der Waals surface area (Å²) >= 11 is 0. The Balaban J connectivity index is 2.92. The van der Waals surface area contributed by atoms with Gasteiger partial charge in [-0.05, 0) is 57.1 Å². The van der Waals surface area contributed by atoms with E-state index in [0.717, 1.165) is 24.2 Å². The lowest BCUT2D eigenvalue weighted by atomic mass is 9.90. The molecule has 106 valence electrons. The van der Waals surface area contributed by atoms with Gasteiger partial charge in [0, 0.05) is 6.42 Å². The highest BCUT2D eigenvalue weighted by atomic mass is 19.1. The Morgan fingerprint density at radius 3 is 2.37 bits per heavy atom. The Bertz CT molecular complexity index is 450. The third kappa shape index (κ3) is 3.63. The zero-order valence-corrected chi connectivity index (χ0v) is 12.6. The lowest BCUT2D eigenvalue weighted by Gasteiger charge is -2.36. The van der Waals surface area contributed by atoms with Crippen molar-refractivity contribution in [2.24, 2.45) is 0 Å².